The van der Waals surface area contributed by atoms with Crippen molar-refractivity contribution in [2.75, 3.05) is 11.6 Å². The number of nitrogens with two attached hydrogens (primary N) is 1. The van der Waals surface area contributed by atoms with Gasteiger partial charge < -0.3 is 15.6 Å². The van der Waals surface area contributed by atoms with Crippen molar-refractivity contribution in [2.24, 2.45) is 5.73 Å². The first kappa shape index (κ1) is 13.3. The zero-order valence-electron chi connectivity index (χ0n) is 7.23. The van der Waals surface area contributed by atoms with Gasteiger partial charge in [0.1, 0.15) is 5.88 Å². The van der Waals surface area contributed by atoms with Gasteiger partial charge in [-0.1, -0.05) is 0 Å². The highest BCUT2D eigenvalue weighted by molar-refractivity contribution is 7.79. The summed E-state index contributed by atoms with van der Waals surface area (Å²) < 4.78 is 19.0. The third-order valence-corrected chi connectivity index (χ3v) is 2.21. The van der Waals surface area contributed by atoms with Crippen LogP contribution in [0.2, 0.25) is 0 Å². The normalized spacial score (nSPS) is 14.4. The maximum absolute atomic E-state index is 10.8. The van der Waals surface area contributed by atoms with E-state index in [4.69, 9.17) is 21.9 Å². The van der Waals surface area contributed by atoms with Crippen LogP contribution in [-0.2, 0) is 20.7 Å². The molecule has 0 aliphatic rings. The van der Waals surface area contributed by atoms with E-state index >= 15 is 0 Å². The van der Waals surface area contributed by atoms with Crippen LogP contribution >= 0.6 is 11.6 Å². The highest BCUT2D eigenvalue weighted by Gasteiger charge is 2.16. The zero-order valence-corrected chi connectivity index (χ0v) is 8.81. The van der Waals surface area contributed by atoms with Gasteiger partial charge in [0.15, 0.2) is 11.1 Å². The van der Waals surface area contributed by atoms with Crippen molar-refractivity contribution in [2.45, 2.75) is 12.5 Å². The van der Waals surface area contributed by atoms with Gasteiger partial charge in [0.05, 0.1) is 11.8 Å². The van der Waals surface area contributed by atoms with E-state index in [0.29, 0.717) is 0 Å². The Bertz CT molecular complexity index is 232. The smallest absolute Gasteiger partial charge is 0.235 e. The molecule has 0 aromatic heterocycles. The Balaban J connectivity index is 4.16. The van der Waals surface area contributed by atoms with Gasteiger partial charge in [0, 0.05) is 6.42 Å². The molecule has 4 N–H and O–H groups in total. The lowest BCUT2D eigenvalue weighted by atomic mass is 10.2. The molecule has 0 aromatic carbocycles. The number of carbonyl (C=O) groups excluding carboxylic acids is 2. The summed E-state index contributed by atoms with van der Waals surface area (Å²) in [5.74, 6) is -1.68. The van der Waals surface area contributed by atoms with E-state index in [0.717, 1.165) is 0 Å². The quantitative estimate of drug-likeness (QED) is 0.402. The molecule has 0 aromatic rings. The van der Waals surface area contributed by atoms with Crippen molar-refractivity contribution in [1.82, 2.24) is 5.32 Å². The monoisotopic (exact) mass is 242 g/mol. The van der Waals surface area contributed by atoms with Gasteiger partial charge in [-0.3, -0.25) is 9.59 Å². The minimum atomic E-state index is -2.10. The number of hydrogen-bond acceptors (Lipinski definition) is 3. The highest BCUT2D eigenvalue weighted by atomic mass is 35.5. The van der Waals surface area contributed by atoms with Crippen LogP contribution in [-0.4, -0.2) is 38.3 Å². The van der Waals surface area contributed by atoms with E-state index in [1.165, 1.54) is 0 Å². The molecule has 8 heteroatoms. The average Bonchev–Trinajstić information content (AvgIpc) is 2.01. The molecular formula is C6H11ClN2O4S. The number of alkyl halides is 1. The summed E-state index contributed by atoms with van der Waals surface area (Å²) in [5.41, 5.74) is 4.88. The maximum atomic E-state index is 10.8. The summed E-state index contributed by atoms with van der Waals surface area (Å²) in [6, 6.07) is -0.746. The Labute approximate surface area is 88.5 Å². The molecule has 2 atom stereocenters. The second kappa shape index (κ2) is 6.74. The van der Waals surface area contributed by atoms with Gasteiger partial charge in [0.25, 0.3) is 0 Å². The van der Waals surface area contributed by atoms with Crippen LogP contribution in [0.4, 0.5) is 0 Å². The van der Waals surface area contributed by atoms with Crippen LogP contribution in [0.15, 0.2) is 0 Å². The molecule has 6 nitrogen and oxygen atoms in total. The summed E-state index contributed by atoms with van der Waals surface area (Å²) in [5, 5.41) is 2.30. The number of halogens is 1. The Hall–Kier alpha value is -0.660. The summed E-state index contributed by atoms with van der Waals surface area (Å²) in [6.07, 6.45) is -0.186. The number of primary amides is 1. The Morgan fingerprint density at radius 2 is 2.14 bits per heavy atom. The first-order valence-corrected chi connectivity index (χ1v) is 5.47. The van der Waals surface area contributed by atoms with E-state index in [-0.39, 0.29) is 18.1 Å². The van der Waals surface area contributed by atoms with Crippen LogP contribution in [0.5, 0.6) is 0 Å². The van der Waals surface area contributed by atoms with E-state index < -0.39 is 28.9 Å². The summed E-state index contributed by atoms with van der Waals surface area (Å²) in [7, 11) is 0. The van der Waals surface area contributed by atoms with E-state index in [2.05, 4.69) is 5.32 Å². The highest BCUT2D eigenvalue weighted by Crippen LogP contribution is 1.94. The molecule has 0 bridgehead atoms. The molecule has 14 heavy (non-hydrogen) atoms. The molecule has 0 heterocycles. The fourth-order valence-corrected chi connectivity index (χ4v) is 1.46. The summed E-state index contributed by atoms with van der Waals surface area (Å²) in [4.78, 5) is 21.3. The molecule has 0 spiro atoms. The minimum Gasteiger partial charge on any atom is -0.370 e. The first-order chi connectivity index (χ1) is 6.45. The molecule has 0 aliphatic heterocycles. The fraction of sp³-hybridized carbons (Fsp3) is 0.667. The second-order valence-electron chi connectivity index (χ2n) is 2.56. The third kappa shape index (κ3) is 6.81. The van der Waals surface area contributed by atoms with Crippen molar-refractivity contribution in [3.05, 3.63) is 0 Å². The fourth-order valence-electron chi connectivity index (χ4n) is 0.833. The number of amides is 2. The van der Waals surface area contributed by atoms with Gasteiger partial charge in [-0.15, -0.1) is 11.6 Å². The Morgan fingerprint density at radius 1 is 1.57 bits per heavy atom. The number of hydrogen-bond donors (Lipinski definition) is 3. The Morgan fingerprint density at radius 3 is 2.50 bits per heavy atom. The molecule has 1 unspecified atom stereocenters. The van der Waals surface area contributed by atoms with Gasteiger partial charge in [0.2, 0.25) is 11.8 Å². The summed E-state index contributed by atoms with van der Waals surface area (Å²) in [6.45, 7) is 0. The van der Waals surface area contributed by atoms with E-state index in [1.54, 1.807) is 0 Å². The number of rotatable bonds is 6. The molecule has 0 fully saturated rings. The Kier molecular flexibility index (Phi) is 6.43. The van der Waals surface area contributed by atoms with Crippen molar-refractivity contribution >= 4 is 34.5 Å². The zero-order chi connectivity index (χ0) is 11.1. The number of carbonyl (C=O) groups is 2. The van der Waals surface area contributed by atoms with Crippen molar-refractivity contribution in [3.63, 3.8) is 0 Å². The SMILES string of the molecule is NC(=O)C[C@@H](CS(=O)O)NC(=O)CCl. The van der Waals surface area contributed by atoms with Gasteiger partial charge >= 0.3 is 0 Å². The first-order valence-electron chi connectivity index (χ1n) is 3.66. The standard InChI is InChI=1S/C6H11ClN2O4S/c7-2-6(11)9-4(1-5(8)10)3-14(12)13/h4H,1-3H2,(H2,8,10)(H,9,11)(H,12,13)/t4-/m0/s1. The molecule has 0 aliphatic carbocycles. The molecule has 0 rings (SSSR count). The molecule has 2 amide bonds. The third-order valence-electron chi connectivity index (χ3n) is 1.28. The van der Waals surface area contributed by atoms with Crippen LogP contribution in [0.3, 0.4) is 0 Å². The second-order valence-corrected chi connectivity index (χ2v) is 3.80. The molecular weight excluding hydrogens is 232 g/mol. The minimum absolute atomic E-state index is 0.186. The van der Waals surface area contributed by atoms with Crippen molar-refractivity contribution in [3.8, 4) is 0 Å². The van der Waals surface area contributed by atoms with E-state index in [1.807, 2.05) is 0 Å². The molecule has 82 valence electrons. The number of nitrogens with one attached hydrogen (secondary N) is 1. The lowest BCUT2D eigenvalue weighted by Gasteiger charge is -2.14. The van der Waals surface area contributed by atoms with Crippen LogP contribution in [0.25, 0.3) is 0 Å². The molecule has 0 saturated heterocycles. The van der Waals surface area contributed by atoms with Crippen LogP contribution in [0, 0.1) is 0 Å². The lowest BCUT2D eigenvalue weighted by molar-refractivity contribution is -0.120. The largest absolute Gasteiger partial charge is 0.370 e. The molecule has 0 radical (unpaired) electrons. The van der Waals surface area contributed by atoms with Gasteiger partial charge in [-0.05, 0) is 0 Å². The van der Waals surface area contributed by atoms with Crippen LogP contribution < -0.4 is 11.1 Å². The van der Waals surface area contributed by atoms with Crippen LogP contribution in [0.1, 0.15) is 6.42 Å². The average molecular weight is 243 g/mol. The topological polar surface area (TPSA) is 109 Å². The van der Waals surface area contributed by atoms with Gasteiger partial charge in [-0.2, -0.15) is 0 Å². The van der Waals surface area contributed by atoms with Crippen molar-refractivity contribution in [1.29, 1.82) is 0 Å². The summed E-state index contributed by atoms with van der Waals surface area (Å²) >= 11 is 3.11. The van der Waals surface area contributed by atoms with E-state index in [9.17, 15) is 13.8 Å². The van der Waals surface area contributed by atoms with Gasteiger partial charge in [-0.25, -0.2) is 4.21 Å². The predicted molar refractivity (Wildman–Crippen MR) is 52.1 cm³/mol. The predicted octanol–water partition coefficient (Wildman–Crippen LogP) is -1.19. The maximum Gasteiger partial charge on any atom is 0.235 e. The van der Waals surface area contributed by atoms with Crippen molar-refractivity contribution < 1.29 is 18.4 Å². The molecule has 0 saturated carbocycles. The lowest BCUT2D eigenvalue weighted by Crippen LogP contribution is -2.41.